The molecule has 0 unspecified atom stereocenters. The molecule has 4 nitrogen and oxygen atoms in total. The van der Waals surface area contributed by atoms with Crippen molar-refractivity contribution in [2.24, 2.45) is 5.84 Å². The Kier molecular flexibility index (Phi) is 5.54. The van der Waals surface area contributed by atoms with Crippen LogP contribution < -0.4 is 16.0 Å². The van der Waals surface area contributed by atoms with Crippen molar-refractivity contribution in [2.75, 3.05) is 0 Å². The van der Waals surface area contributed by atoms with Gasteiger partial charge in [0.1, 0.15) is 12.4 Å². The maximum atomic E-state index is 11.1. The van der Waals surface area contributed by atoms with Gasteiger partial charge in [-0.1, -0.05) is 40.2 Å². The lowest BCUT2D eigenvalue weighted by Gasteiger charge is -2.07. The van der Waals surface area contributed by atoms with Crippen LogP contribution in [0.5, 0.6) is 5.75 Å². The van der Waals surface area contributed by atoms with E-state index in [4.69, 9.17) is 10.6 Å². The maximum absolute atomic E-state index is 11.1. The van der Waals surface area contributed by atoms with Crippen LogP contribution >= 0.6 is 15.9 Å². The Morgan fingerprint density at radius 3 is 2.71 bits per heavy atom. The van der Waals surface area contributed by atoms with E-state index in [0.29, 0.717) is 6.61 Å². The van der Waals surface area contributed by atoms with E-state index in [1.807, 2.05) is 54.0 Å². The number of hydrogen-bond donors (Lipinski definition) is 2. The van der Waals surface area contributed by atoms with Gasteiger partial charge in [0.15, 0.2) is 0 Å². The molecular formula is C16H15BrN2O2. The molecule has 0 aliphatic heterocycles. The van der Waals surface area contributed by atoms with Gasteiger partial charge in [-0.05, 0) is 41.5 Å². The second kappa shape index (κ2) is 7.61. The minimum Gasteiger partial charge on any atom is -0.489 e. The minimum absolute atomic E-state index is 0.351. The van der Waals surface area contributed by atoms with Gasteiger partial charge < -0.3 is 4.74 Å². The number of hydrogen-bond acceptors (Lipinski definition) is 3. The molecule has 2 rings (SSSR count). The van der Waals surface area contributed by atoms with E-state index < -0.39 is 0 Å². The van der Waals surface area contributed by atoms with Crippen molar-refractivity contribution >= 4 is 27.9 Å². The van der Waals surface area contributed by atoms with Crippen molar-refractivity contribution < 1.29 is 9.53 Å². The van der Waals surface area contributed by atoms with E-state index in [0.717, 1.165) is 21.3 Å². The summed E-state index contributed by atoms with van der Waals surface area (Å²) in [5.41, 5.74) is 3.99. The second-order valence-electron chi connectivity index (χ2n) is 4.33. The molecule has 108 valence electrons. The third-order valence-corrected chi connectivity index (χ3v) is 3.27. The fourth-order valence-corrected chi connectivity index (χ4v) is 1.94. The highest BCUT2D eigenvalue weighted by atomic mass is 79.9. The lowest BCUT2D eigenvalue weighted by molar-refractivity contribution is -0.116. The zero-order valence-corrected chi connectivity index (χ0v) is 12.8. The Bertz CT molecular complexity index is 639. The van der Waals surface area contributed by atoms with Crippen LogP contribution in [0.2, 0.25) is 0 Å². The van der Waals surface area contributed by atoms with E-state index in [1.165, 1.54) is 6.08 Å². The second-order valence-corrected chi connectivity index (χ2v) is 5.25. The van der Waals surface area contributed by atoms with Crippen LogP contribution in [-0.2, 0) is 11.4 Å². The number of halogens is 1. The average molecular weight is 347 g/mol. The van der Waals surface area contributed by atoms with Crippen LogP contribution in [0.1, 0.15) is 11.1 Å². The Morgan fingerprint density at radius 1 is 1.24 bits per heavy atom. The molecular weight excluding hydrogens is 332 g/mol. The van der Waals surface area contributed by atoms with Crippen LogP contribution in [0, 0.1) is 0 Å². The Balaban J connectivity index is 1.99. The molecule has 0 radical (unpaired) electrons. The lowest BCUT2D eigenvalue weighted by Crippen LogP contribution is -2.27. The van der Waals surface area contributed by atoms with Crippen molar-refractivity contribution in [1.82, 2.24) is 5.43 Å². The monoisotopic (exact) mass is 346 g/mol. The summed E-state index contributed by atoms with van der Waals surface area (Å²) in [5.74, 6) is 5.40. The number of carbonyl (C=O) groups excluding carboxylic acids is 1. The van der Waals surface area contributed by atoms with Crippen molar-refractivity contribution in [2.45, 2.75) is 6.61 Å². The largest absolute Gasteiger partial charge is 0.489 e. The van der Waals surface area contributed by atoms with Crippen LogP contribution in [0.4, 0.5) is 0 Å². The van der Waals surface area contributed by atoms with Gasteiger partial charge in [-0.25, -0.2) is 5.84 Å². The van der Waals surface area contributed by atoms with Crippen molar-refractivity contribution in [3.05, 3.63) is 70.2 Å². The van der Waals surface area contributed by atoms with Gasteiger partial charge in [0.25, 0.3) is 5.91 Å². The van der Waals surface area contributed by atoms with Crippen molar-refractivity contribution in [3.63, 3.8) is 0 Å². The van der Waals surface area contributed by atoms with Gasteiger partial charge in [-0.15, -0.1) is 0 Å². The summed E-state index contributed by atoms with van der Waals surface area (Å²) < 4.78 is 6.77. The molecule has 0 aromatic heterocycles. The molecule has 0 atom stereocenters. The zero-order chi connectivity index (χ0) is 15.1. The topological polar surface area (TPSA) is 64.3 Å². The summed E-state index contributed by atoms with van der Waals surface area (Å²) >= 11 is 3.40. The highest BCUT2D eigenvalue weighted by Gasteiger charge is 1.98. The van der Waals surface area contributed by atoms with Crippen molar-refractivity contribution in [1.29, 1.82) is 0 Å². The van der Waals surface area contributed by atoms with E-state index in [2.05, 4.69) is 15.9 Å². The number of nitrogens with two attached hydrogens (primary N) is 1. The highest BCUT2D eigenvalue weighted by Crippen LogP contribution is 2.17. The fraction of sp³-hybridized carbons (Fsp3) is 0.0625. The minimum atomic E-state index is -0.351. The van der Waals surface area contributed by atoms with E-state index >= 15 is 0 Å². The van der Waals surface area contributed by atoms with Crippen molar-refractivity contribution in [3.8, 4) is 5.75 Å². The normalized spacial score (nSPS) is 10.6. The third kappa shape index (κ3) is 5.06. The predicted octanol–water partition coefficient (Wildman–Crippen LogP) is 3.03. The Morgan fingerprint density at radius 2 is 2.00 bits per heavy atom. The number of ether oxygens (including phenoxy) is 1. The van der Waals surface area contributed by atoms with Gasteiger partial charge in [-0.3, -0.25) is 10.2 Å². The standard InChI is InChI=1S/C16H15BrN2O2/c17-14-7-4-13(5-8-14)11-21-15-3-1-2-12(10-15)6-9-16(20)19-18/h1-10H,11,18H2,(H,19,20)/b9-6+. The van der Waals surface area contributed by atoms with E-state index in [1.54, 1.807) is 6.08 Å². The zero-order valence-electron chi connectivity index (χ0n) is 11.3. The summed E-state index contributed by atoms with van der Waals surface area (Å²) in [6, 6.07) is 15.4. The molecule has 0 saturated heterocycles. The molecule has 0 spiro atoms. The fourth-order valence-electron chi connectivity index (χ4n) is 1.68. The molecule has 0 fully saturated rings. The van der Waals surface area contributed by atoms with E-state index in [9.17, 15) is 4.79 Å². The van der Waals surface area contributed by atoms with Gasteiger partial charge in [0, 0.05) is 10.5 Å². The molecule has 1 amide bonds. The number of nitrogens with one attached hydrogen (secondary N) is 1. The lowest BCUT2D eigenvalue weighted by atomic mass is 10.2. The van der Waals surface area contributed by atoms with E-state index in [-0.39, 0.29) is 5.91 Å². The number of amides is 1. The predicted molar refractivity (Wildman–Crippen MR) is 86.3 cm³/mol. The Labute approximate surface area is 131 Å². The molecule has 21 heavy (non-hydrogen) atoms. The molecule has 2 aromatic rings. The number of benzene rings is 2. The molecule has 2 aromatic carbocycles. The number of hydrazine groups is 1. The SMILES string of the molecule is NNC(=O)/C=C/c1cccc(OCc2ccc(Br)cc2)c1. The van der Waals surface area contributed by atoms with Crippen LogP contribution in [0.15, 0.2) is 59.1 Å². The summed E-state index contributed by atoms with van der Waals surface area (Å²) in [4.78, 5) is 11.1. The van der Waals surface area contributed by atoms with Crippen LogP contribution in [-0.4, -0.2) is 5.91 Å². The number of carbonyl (C=O) groups is 1. The highest BCUT2D eigenvalue weighted by molar-refractivity contribution is 9.10. The summed E-state index contributed by atoms with van der Waals surface area (Å²) in [5, 5.41) is 0. The maximum Gasteiger partial charge on any atom is 0.257 e. The molecule has 3 N–H and O–H groups in total. The summed E-state index contributed by atoms with van der Waals surface area (Å²) in [7, 11) is 0. The third-order valence-electron chi connectivity index (χ3n) is 2.75. The molecule has 0 saturated carbocycles. The first-order chi connectivity index (χ1) is 10.2. The first-order valence-electron chi connectivity index (χ1n) is 6.33. The molecule has 0 heterocycles. The van der Waals surface area contributed by atoms with Crippen LogP contribution in [0.25, 0.3) is 6.08 Å². The summed E-state index contributed by atoms with van der Waals surface area (Å²) in [6.07, 6.45) is 3.04. The first-order valence-corrected chi connectivity index (χ1v) is 7.12. The van der Waals surface area contributed by atoms with Crippen LogP contribution in [0.3, 0.4) is 0 Å². The van der Waals surface area contributed by atoms with Gasteiger partial charge in [0.05, 0.1) is 0 Å². The first kappa shape index (κ1) is 15.3. The molecule has 0 aliphatic rings. The smallest absolute Gasteiger partial charge is 0.257 e. The average Bonchev–Trinajstić information content (AvgIpc) is 2.52. The molecule has 0 aliphatic carbocycles. The van der Waals surface area contributed by atoms with Gasteiger partial charge >= 0.3 is 0 Å². The molecule has 5 heteroatoms. The quantitative estimate of drug-likeness (QED) is 0.378. The summed E-state index contributed by atoms with van der Waals surface area (Å²) in [6.45, 7) is 0.490. The van der Waals surface area contributed by atoms with Gasteiger partial charge in [-0.2, -0.15) is 0 Å². The Hall–Kier alpha value is -2.11. The number of rotatable bonds is 5. The van der Waals surface area contributed by atoms with Gasteiger partial charge in [0.2, 0.25) is 0 Å². The molecule has 0 bridgehead atoms.